The lowest BCUT2D eigenvalue weighted by molar-refractivity contribution is 0.0951. The summed E-state index contributed by atoms with van der Waals surface area (Å²) in [7, 11) is 0. The lowest BCUT2D eigenvalue weighted by Gasteiger charge is -2.07. The number of benzene rings is 2. The predicted molar refractivity (Wildman–Crippen MR) is 73.2 cm³/mol. The molecule has 1 amide bonds. The van der Waals surface area contributed by atoms with E-state index in [0.29, 0.717) is 23.4 Å². The highest BCUT2D eigenvalue weighted by Crippen LogP contribution is 2.10. The predicted octanol–water partition coefficient (Wildman–Crippen LogP) is 2.65. The van der Waals surface area contributed by atoms with E-state index in [1.165, 1.54) is 18.2 Å². The minimum Gasteiger partial charge on any atom is -0.399 e. The number of nitrogens with one attached hydrogen (secondary N) is 1. The lowest BCUT2D eigenvalue weighted by Crippen LogP contribution is -2.22. The monoisotopic (exact) mass is 258 g/mol. The van der Waals surface area contributed by atoms with Gasteiger partial charge in [0.1, 0.15) is 5.82 Å². The van der Waals surface area contributed by atoms with E-state index >= 15 is 0 Å². The summed E-state index contributed by atoms with van der Waals surface area (Å²) in [5.41, 5.74) is 8.14. The van der Waals surface area contributed by atoms with Crippen molar-refractivity contribution in [3.63, 3.8) is 0 Å². The van der Waals surface area contributed by atoms with E-state index in [1.54, 1.807) is 19.1 Å². The Bertz CT molecular complexity index is 594. The number of hydrogen-bond donors (Lipinski definition) is 2. The number of nitrogen functional groups attached to an aromatic ring is 1. The second-order valence-electron chi connectivity index (χ2n) is 4.39. The third-order valence-corrected chi connectivity index (χ3v) is 2.85. The van der Waals surface area contributed by atoms with Crippen molar-refractivity contribution >= 4 is 11.6 Å². The number of nitrogens with two attached hydrogens (primary N) is 1. The van der Waals surface area contributed by atoms with E-state index < -0.39 is 0 Å². The third kappa shape index (κ3) is 3.31. The van der Waals surface area contributed by atoms with Crippen LogP contribution in [0.2, 0.25) is 0 Å². The molecule has 0 saturated carbocycles. The molecule has 0 bridgehead atoms. The van der Waals surface area contributed by atoms with Gasteiger partial charge in [-0.1, -0.05) is 12.1 Å². The summed E-state index contributed by atoms with van der Waals surface area (Å²) < 4.78 is 13.1. The van der Waals surface area contributed by atoms with Crippen LogP contribution in [-0.4, -0.2) is 5.91 Å². The van der Waals surface area contributed by atoms with Crippen molar-refractivity contribution in [3.05, 3.63) is 65.0 Å². The molecule has 19 heavy (non-hydrogen) atoms. The number of aryl methyl sites for hydroxylation is 1. The first-order valence-electron chi connectivity index (χ1n) is 5.95. The minimum atomic E-state index is -0.310. The normalized spacial score (nSPS) is 10.2. The maximum absolute atomic E-state index is 13.1. The summed E-state index contributed by atoms with van der Waals surface area (Å²) in [5, 5.41) is 2.78. The Morgan fingerprint density at radius 2 is 1.89 bits per heavy atom. The molecular weight excluding hydrogens is 243 g/mol. The molecule has 0 spiro atoms. The van der Waals surface area contributed by atoms with Gasteiger partial charge < -0.3 is 11.1 Å². The molecule has 3 nitrogen and oxygen atoms in total. The highest BCUT2D eigenvalue weighted by atomic mass is 19.1. The second kappa shape index (κ2) is 5.52. The zero-order chi connectivity index (χ0) is 13.8. The fourth-order valence-electron chi connectivity index (χ4n) is 1.71. The maximum Gasteiger partial charge on any atom is 0.251 e. The quantitative estimate of drug-likeness (QED) is 0.831. The summed E-state index contributed by atoms with van der Waals surface area (Å²) in [6, 6.07) is 11.6. The van der Waals surface area contributed by atoms with E-state index in [-0.39, 0.29) is 11.7 Å². The van der Waals surface area contributed by atoms with Crippen LogP contribution in [0.1, 0.15) is 21.5 Å². The van der Waals surface area contributed by atoms with Gasteiger partial charge in [-0.25, -0.2) is 4.39 Å². The Morgan fingerprint density at radius 3 is 2.53 bits per heavy atom. The molecule has 2 aromatic rings. The maximum atomic E-state index is 13.1. The van der Waals surface area contributed by atoms with Crippen LogP contribution in [0.5, 0.6) is 0 Å². The van der Waals surface area contributed by atoms with Crippen molar-refractivity contribution in [2.24, 2.45) is 0 Å². The molecule has 0 unspecified atom stereocenters. The summed E-state index contributed by atoms with van der Waals surface area (Å²) in [6.45, 7) is 2.04. The topological polar surface area (TPSA) is 55.1 Å². The van der Waals surface area contributed by atoms with E-state index in [4.69, 9.17) is 5.73 Å². The summed E-state index contributed by atoms with van der Waals surface area (Å²) >= 11 is 0. The largest absolute Gasteiger partial charge is 0.399 e. The highest BCUT2D eigenvalue weighted by molar-refractivity contribution is 5.94. The zero-order valence-corrected chi connectivity index (χ0v) is 10.6. The number of halogens is 1. The van der Waals surface area contributed by atoms with Crippen LogP contribution in [0.3, 0.4) is 0 Å². The summed E-state index contributed by atoms with van der Waals surface area (Å²) in [6.07, 6.45) is 0. The van der Waals surface area contributed by atoms with Crippen LogP contribution in [0.25, 0.3) is 0 Å². The van der Waals surface area contributed by atoms with Crippen LogP contribution >= 0.6 is 0 Å². The molecule has 0 fully saturated rings. The third-order valence-electron chi connectivity index (χ3n) is 2.85. The van der Waals surface area contributed by atoms with Gasteiger partial charge in [-0.3, -0.25) is 4.79 Å². The highest BCUT2D eigenvalue weighted by Gasteiger charge is 2.07. The Kier molecular flexibility index (Phi) is 3.80. The molecule has 0 saturated heterocycles. The number of carbonyl (C=O) groups is 1. The number of anilines is 1. The van der Waals surface area contributed by atoms with Crippen LogP contribution in [0.15, 0.2) is 42.5 Å². The molecule has 0 aliphatic carbocycles. The van der Waals surface area contributed by atoms with Crippen LogP contribution in [0.4, 0.5) is 10.1 Å². The smallest absolute Gasteiger partial charge is 0.251 e. The van der Waals surface area contributed by atoms with E-state index in [1.807, 2.05) is 12.1 Å². The number of rotatable bonds is 3. The Hall–Kier alpha value is -2.36. The van der Waals surface area contributed by atoms with Gasteiger partial charge >= 0.3 is 0 Å². The molecule has 4 heteroatoms. The number of carbonyl (C=O) groups excluding carboxylic acids is 1. The summed E-state index contributed by atoms with van der Waals surface area (Å²) in [4.78, 5) is 11.9. The number of hydrogen-bond acceptors (Lipinski definition) is 2. The Balaban J connectivity index is 2.01. The molecule has 3 N–H and O–H groups in total. The first-order chi connectivity index (χ1) is 9.06. The van der Waals surface area contributed by atoms with E-state index in [2.05, 4.69) is 5.32 Å². The molecule has 2 rings (SSSR count). The van der Waals surface area contributed by atoms with E-state index in [0.717, 1.165) is 5.56 Å². The molecule has 98 valence electrons. The van der Waals surface area contributed by atoms with Gasteiger partial charge in [0.2, 0.25) is 0 Å². The average Bonchev–Trinajstić information content (AvgIpc) is 2.41. The second-order valence-corrected chi connectivity index (χ2v) is 4.39. The van der Waals surface area contributed by atoms with Crippen LogP contribution in [-0.2, 0) is 6.54 Å². The zero-order valence-electron chi connectivity index (χ0n) is 10.6. The minimum absolute atomic E-state index is 0.222. The SMILES string of the molecule is Cc1cc(C(=O)NCc2ccc(N)cc2)ccc1F. The lowest BCUT2D eigenvalue weighted by atomic mass is 10.1. The molecule has 0 aliphatic heterocycles. The molecule has 0 radical (unpaired) electrons. The van der Waals surface area contributed by atoms with E-state index in [9.17, 15) is 9.18 Å². The Morgan fingerprint density at radius 1 is 1.21 bits per heavy atom. The Labute approximate surface area is 111 Å². The van der Waals surface area contributed by atoms with Crippen molar-refractivity contribution in [1.29, 1.82) is 0 Å². The number of amides is 1. The molecule has 0 aromatic heterocycles. The van der Waals surface area contributed by atoms with Crippen molar-refractivity contribution in [3.8, 4) is 0 Å². The van der Waals surface area contributed by atoms with Crippen molar-refractivity contribution in [2.45, 2.75) is 13.5 Å². The first-order valence-corrected chi connectivity index (χ1v) is 5.95. The van der Waals surface area contributed by atoms with Crippen molar-refractivity contribution in [2.75, 3.05) is 5.73 Å². The van der Waals surface area contributed by atoms with Gasteiger partial charge in [-0.05, 0) is 48.4 Å². The van der Waals surface area contributed by atoms with Gasteiger partial charge in [0.05, 0.1) is 0 Å². The fourth-order valence-corrected chi connectivity index (χ4v) is 1.71. The molecule has 2 aromatic carbocycles. The van der Waals surface area contributed by atoms with Gasteiger partial charge in [-0.2, -0.15) is 0 Å². The van der Waals surface area contributed by atoms with Gasteiger partial charge in [-0.15, -0.1) is 0 Å². The van der Waals surface area contributed by atoms with Gasteiger partial charge in [0.15, 0.2) is 0 Å². The summed E-state index contributed by atoms with van der Waals surface area (Å²) in [5.74, 6) is -0.532. The van der Waals surface area contributed by atoms with Crippen molar-refractivity contribution in [1.82, 2.24) is 5.32 Å². The fraction of sp³-hybridized carbons (Fsp3) is 0.133. The average molecular weight is 258 g/mol. The first kappa shape index (κ1) is 13.1. The molecule has 0 atom stereocenters. The molecule has 0 heterocycles. The van der Waals surface area contributed by atoms with Crippen molar-refractivity contribution < 1.29 is 9.18 Å². The van der Waals surface area contributed by atoms with Gasteiger partial charge in [0, 0.05) is 17.8 Å². The van der Waals surface area contributed by atoms with Crippen LogP contribution < -0.4 is 11.1 Å². The standard InChI is InChI=1S/C15H15FN2O/c1-10-8-12(4-7-14(10)16)15(19)18-9-11-2-5-13(17)6-3-11/h2-8H,9,17H2,1H3,(H,18,19). The molecular formula is C15H15FN2O. The molecule has 0 aliphatic rings. The van der Waals surface area contributed by atoms with Gasteiger partial charge in [0.25, 0.3) is 5.91 Å². The van der Waals surface area contributed by atoms with Crippen LogP contribution in [0, 0.1) is 12.7 Å².